The number of Topliss-reactive ketones (excluding diaryl/α,β-unsaturated/α-hetero) is 1. The third kappa shape index (κ3) is 3.03. The highest BCUT2D eigenvalue weighted by Crippen LogP contribution is 2.27. The molecule has 2 heterocycles. The number of rotatable bonds is 4. The highest BCUT2D eigenvalue weighted by atomic mass is 32.1. The molecule has 0 saturated carbocycles. The fourth-order valence-corrected chi connectivity index (χ4v) is 3.22. The van der Waals surface area contributed by atoms with Crippen molar-refractivity contribution < 1.29 is 4.79 Å². The van der Waals surface area contributed by atoms with Crippen LogP contribution in [0.4, 0.5) is 0 Å². The number of thiophene rings is 1. The number of hydrogen-bond donors (Lipinski definition) is 0. The Morgan fingerprint density at radius 3 is 2.78 bits per heavy atom. The number of carbonyl (C=O) groups excluding carboxylic acids is 1. The Hall–Kier alpha value is -1.07. The number of aryl methyl sites for hydroxylation is 1. The van der Waals surface area contributed by atoms with Crippen LogP contribution in [0.2, 0.25) is 0 Å². The summed E-state index contributed by atoms with van der Waals surface area (Å²) < 4.78 is 3.93. The second-order valence-electron chi connectivity index (χ2n) is 5.20. The van der Waals surface area contributed by atoms with E-state index in [0.29, 0.717) is 6.42 Å². The van der Waals surface area contributed by atoms with E-state index < -0.39 is 0 Å². The molecule has 0 radical (unpaired) electrons. The Bertz CT molecular complexity index is 523. The van der Waals surface area contributed by atoms with Gasteiger partial charge in [-0.1, -0.05) is 31.3 Å². The van der Waals surface area contributed by atoms with E-state index >= 15 is 0 Å². The van der Waals surface area contributed by atoms with E-state index in [2.05, 4.69) is 36.4 Å². The molecule has 0 saturated heterocycles. The molecule has 3 nitrogen and oxygen atoms in total. The van der Waals surface area contributed by atoms with E-state index in [1.54, 1.807) is 11.3 Å². The van der Waals surface area contributed by atoms with Crippen LogP contribution in [0.5, 0.6) is 0 Å². The molecule has 2 aromatic heterocycles. The molecule has 0 unspecified atom stereocenters. The molecular formula is C13H16N2OS2. The van der Waals surface area contributed by atoms with Gasteiger partial charge in [-0.2, -0.15) is 0 Å². The number of ketones is 1. The minimum Gasteiger partial charge on any atom is -0.293 e. The normalized spacial score (nSPS) is 11.7. The van der Waals surface area contributed by atoms with Crippen molar-refractivity contribution in [3.8, 4) is 0 Å². The van der Waals surface area contributed by atoms with Crippen LogP contribution in [-0.4, -0.2) is 15.4 Å². The van der Waals surface area contributed by atoms with Crippen LogP contribution in [0.3, 0.4) is 0 Å². The van der Waals surface area contributed by atoms with Gasteiger partial charge in [0.15, 0.2) is 5.78 Å². The maximum Gasteiger partial charge on any atom is 0.176 e. The molecule has 2 aromatic rings. The first-order valence-electron chi connectivity index (χ1n) is 5.87. The summed E-state index contributed by atoms with van der Waals surface area (Å²) in [4.78, 5) is 14.2. The zero-order valence-electron chi connectivity index (χ0n) is 10.8. The third-order valence-corrected chi connectivity index (χ3v) is 4.33. The second-order valence-corrected chi connectivity index (χ2v) is 6.99. The second kappa shape index (κ2) is 5.28. The summed E-state index contributed by atoms with van der Waals surface area (Å²) in [7, 11) is 0. The van der Waals surface area contributed by atoms with Crippen LogP contribution in [0, 0.1) is 0 Å². The Morgan fingerprint density at radius 2 is 2.17 bits per heavy atom. The zero-order valence-corrected chi connectivity index (χ0v) is 12.4. The SMILES string of the molecule is CC(C)(C)c1nnsc1C(=O)CCc1cccs1. The Labute approximate surface area is 115 Å². The topological polar surface area (TPSA) is 42.9 Å². The first kappa shape index (κ1) is 13.4. The quantitative estimate of drug-likeness (QED) is 0.802. The molecule has 5 heteroatoms. The molecule has 96 valence electrons. The summed E-state index contributed by atoms with van der Waals surface area (Å²) in [6, 6.07) is 4.08. The van der Waals surface area contributed by atoms with E-state index in [4.69, 9.17) is 0 Å². The average molecular weight is 280 g/mol. The Balaban J connectivity index is 2.08. The van der Waals surface area contributed by atoms with Crippen LogP contribution in [0.15, 0.2) is 17.5 Å². The van der Waals surface area contributed by atoms with Crippen molar-refractivity contribution in [2.45, 2.75) is 39.0 Å². The largest absolute Gasteiger partial charge is 0.293 e. The molecule has 0 aromatic carbocycles. The van der Waals surface area contributed by atoms with Gasteiger partial charge in [0.25, 0.3) is 0 Å². The van der Waals surface area contributed by atoms with E-state index in [9.17, 15) is 4.79 Å². The van der Waals surface area contributed by atoms with Gasteiger partial charge in [-0.15, -0.1) is 16.4 Å². The molecule has 2 rings (SSSR count). The number of nitrogens with zero attached hydrogens (tertiary/aromatic N) is 2. The monoisotopic (exact) mass is 280 g/mol. The van der Waals surface area contributed by atoms with Gasteiger partial charge in [-0.05, 0) is 29.4 Å². The van der Waals surface area contributed by atoms with Crippen molar-refractivity contribution in [2.75, 3.05) is 0 Å². The number of hydrogen-bond acceptors (Lipinski definition) is 5. The third-order valence-electron chi connectivity index (χ3n) is 2.63. The van der Waals surface area contributed by atoms with Crippen LogP contribution in [0.1, 0.15) is 47.4 Å². The zero-order chi connectivity index (χ0) is 13.2. The Morgan fingerprint density at radius 1 is 1.39 bits per heavy atom. The minimum atomic E-state index is -0.124. The number of carbonyl (C=O) groups is 1. The summed E-state index contributed by atoms with van der Waals surface area (Å²) in [5.74, 6) is 0.156. The van der Waals surface area contributed by atoms with Crippen molar-refractivity contribution in [1.82, 2.24) is 9.59 Å². The van der Waals surface area contributed by atoms with E-state index in [1.807, 2.05) is 11.4 Å². The highest BCUT2D eigenvalue weighted by Gasteiger charge is 2.25. The lowest BCUT2D eigenvalue weighted by Gasteiger charge is -2.15. The van der Waals surface area contributed by atoms with Crippen molar-refractivity contribution in [3.05, 3.63) is 33.0 Å². The van der Waals surface area contributed by atoms with Gasteiger partial charge >= 0.3 is 0 Å². The van der Waals surface area contributed by atoms with Crippen molar-refractivity contribution in [1.29, 1.82) is 0 Å². The molecule has 18 heavy (non-hydrogen) atoms. The van der Waals surface area contributed by atoms with Gasteiger partial charge in [0.05, 0.1) is 5.69 Å². The minimum absolute atomic E-state index is 0.124. The average Bonchev–Trinajstić information content (AvgIpc) is 2.95. The molecule has 0 bridgehead atoms. The lowest BCUT2D eigenvalue weighted by Crippen LogP contribution is -2.16. The summed E-state index contributed by atoms with van der Waals surface area (Å²) in [5, 5.41) is 6.14. The summed E-state index contributed by atoms with van der Waals surface area (Å²) in [6.45, 7) is 6.17. The molecule has 0 aliphatic heterocycles. The van der Waals surface area contributed by atoms with Crippen molar-refractivity contribution in [3.63, 3.8) is 0 Å². The molecule has 0 N–H and O–H groups in total. The van der Waals surface area contributed by atoms with E-state index in [0.717, 1.165) is 17.0 Å². The fraction of sp³-hybridized carbons (Fsp3) is 0.462. The summed E-state index contributed by atoms with van der Waals surface area (Å²) in [6.07, 6.45) is 1.34. The van der Waals surface area contributed by atoms with E-state index in [-0.39, 0.29) is 11.2 Å². The van der Waals surface area contributed by atoms with Gasteiger partial charge in [0.2, 0.25) is 0 Å². The van der Waals surface area contributed by atoms with Gasteiger partial charge in [0.1, 0.15) is 4.88 Å². The molecule has 0 amide bonds. The predicted octanol–water partition coefficient (Wildman–Crippen LogP) is 3.71. The molecule has 0 atom stereocenters. The maximum atomic E-state index is 12.2. The molecule has 0 aliphatic carbocycles. The van der Waals surface area contributed by atoms with E-state index in [1.165, 1.54) is 16.4 Å². The van der Waals surface area contributed by atoms with Gasteiger partial charge in [-0.25, -0.2) is 0 Å². The smallest absolute Gasteiger partial charge is 0.176 e. The summed E-state index contributed by atoms with van der Waals surface area (Å²) in [5.41, 5.74) is 0.699. The fourth-order valence-electron chi connectivity index (χ4n) is 1.67. The van der Waals surface area contributed by atoms with Gasteiger partial charge < -0.3 is 0 Å². The first-order valence-corrected chi connectivity index (χ1v) is 7.52. The molecule has 0 fully saturated rings. The van der Waals surface area contributed by atoms with Crippen LogP contribution < -0.4 is 0 Å². The lowest BCUT2D eigenvalue weighted by atomic mass is 9.90. The van der Waals surface area contributed by atoms with Crippen molar-refractivity contribution in [2.24, 2.45) is 0 Å². The number of aromatic nitrogens is 2. The highest BCUT2D eigenvalue weighted by molar-refractivity contribution is 7.10. The standard InChI is InChI=1S/C13H16N2OS2/c1-13(2,3)12-11(18-15-14-12)10(16)7-6-9-5-4-8-17-9/h4-5,8H,6-7H2,1-3H3. The lowest BCUT2D eigenvalue weighted by molar-refractivity contribution is 0.0984. The van der Waals surface area contributed by atoms with Crippen LogP contribution in [0.25, 0.3) is 0 Å². The van der Waals surface area contributed by atoms with Crippen molar-refractivity contribution >= 4 is 28.7 Å². The predicted molar refractivity (Wildman–Crippen MR) is 75.6 cm³/mol. The molecular weight excluding hydrogens is 264 g/mol. The van der Waals surface area contributed by atoms with Crippen LogP contribution in [-0.2, 0) is 11.8 Å². The van der Waals surface area contributed by atoms with Gasteiger partial charge in [-0.3, -0.25) is 4.79 Å². The van der Waals surface area contributed by atoms with Crippen LogP contribution >= 0.6 is 22.9 Å². The molecule has 0 spiro atoms. The summed E-state index contributed by atoms with van der Waals surface area (Å²) >= 11 is 2.91. The first-order chi connectivity index (χ1) is 8.48. The molecule has 0 aliphatic rings. The Kier molecular flexibility index (Phi) is 3.92. The van der Waals surface area contributed by atoms with Gasteiger partial charge in [0, 0.05) is 16.7 Å². The maximum absolute atomic E-state index is 12.2.